The molecule has 0 aromatic heterocycles. The summed E-state index contributed by atoms with van der Waals surface area (Å²) >= 11 is 3.35. The molecule has 1 aromatic rings. The fourth-order valence-corrected chi connectivity index (χ4v) is 2.23. The van der Waals surface area contributed by atoms with E-state index in [0.717, 1.165) is 10.2 Å². The summed E-state index contributed by atoms with van der Waals surface area (Å²) in [7, 11) is 0. The van der Waals surface area contributed by atoms with E-state index < -0.39 is 6.04 Å². The van der Waals surface area contributed by atoms with Crippen LogP contribution < -0.4 is 15.4 Å². The molecule has 1 atom stereocenters. The second-order valence-corrected chi connectivity index (χ2v) is 5.39. The predicted octanol–water partition coefficient (Wildman–Crippen LogP) is 1.23. The van der Waals surface area contributed by atoms with Crippen molar-refractivity contribution in [2.45, 2.75) is 18.9 Å². The van der Waals surface area contributed by atoms with Crippen LogP contribution in [0.5, 0.6) is 5.75 Å². The highest BCUT2D eigenvalue weighted by atomic mass is 79.9. The zero-order valence-corrected chi connectivity index (χ0v) is 12.9. The molecule has 1 aliphatic heterocycles. The molecule has 1 unspecified atom stereocenters. The van der Waals surface area contributed by atoms with E-state index in [0.29, 0.717) is 12.8 Å². The van der Waals surface area contributed by atoms with E-state index in [-0.39, 0.29) is 25.0 Å². The molecule has 0 spiro atoms. The zero-order valence-electron chi connectivity index (χ0n) is 11.3. The van der Waals surface area contributed by atoms with E-state index in [1.165, 1.54) is 0 Å². The van der Waals surface area contributed by atoms with Gasteiger partial charge in [0, 0.05) is 10.9 Å². The van der Waals surface area contributed by atoms with Crippen molar-refractivity contribution >= 4 is 27.7 Å². The summed E-state index contributed by atoms with van der Waals surface area (Å²) < 4.78 is 6.38. The Morgan fingerprint density at radius 3 is 3.05 bits per heavy atom. The van der Waals surface area contributed by atoms with Crippen molar-refractivity contribution in [2.24, 2.45) is 0 Å². The minimum Gasteiger partial charge on any atom is -0.481 e. The van der Waals surface area contributed by atoms with Gasteiger partial charge in [-0.25, -0.2) is 0 Å². The largest absolute Gasteiger partial charge is 0.481 e. The molecule has 21 heavy (non-hydrogen) atoms. The summed E-state index contributed by atoms with van der Waals surface area (Å²) in [5, 5.41) is 5.27. The molecule has 2 rings (SSSR count). The minimum absolute atomic E-state index is 0.0799. The summed E-state index contributed by atoms with van der Waals surface area (Å²) in [6.45, 7) is 0.500. The topological polar surface area (TPSA) is 67.4 Å². The molecule has 2 N–H and O–H groups in total. The summed E-state index contributed by atoms with van der Waals surface area (Å²) in [5.74, 6) is 6.08. The van der Waals surface area contributed by atoms with Gasteiger partial charge in [-0.15, -0.1) is 0 Å². The highest BCUT2D eigenvalue weighted by Gasteiger charge is 2.26. The second-order valence-electron chi connectivity index (χ2n) is 4.48. The fourth-order valence-electron chi connectivity index (χ4n) is 1.85. The standard InChI is InChI=1S/C15H15BrN2O3/c16-11-4-3-5-12(10-11)21-9-2-1-8-17-15(20)13-6-7-14(19)18-13/h3-5,10,13H,6-9H2,(H,17,20)(H,18,19). The number of carbonyl (C=O) groups excluding carboxylic acids is 2. The number of hydrogen-bond donors (Lipinski definition) is 2. The van der Waals surface area contributed by atoms with Gasteiger partial charge in [-0.1, -0.05) is 33.8 Å². The van der Waals surface area contributed by atoms with Gasteiger partial charge in [0.2, 0.25) is 11.8 Å². The van der Waals surface area contributed by atoms with Crippen LogP contribution in [0.1, 0.15) is 12.8 Å². The molecule has 2 amide bonds. The first-order valence-corrected chi connectivity index (χ1v) is 7.35. The SMILES string of the molecule is O=C1CCC(C(=O)NCC#CCOc2cccc(Br)c2)N1. The second kappa shape index (κ2) is 7.70. The first-order chi connectivity index (χ1) is 10.1. The Labute approximate surface area is 131 Å². The highest BCUT2D eigenvalue weighted by molar-refractivity contribution is 9.10. The number of carbonyl (C=O) groups is 2. The highest BCUT2D eigenvalue weighted by Crippen LogP contribution is 2.17. The van der Waals surface area contributed by atoms with Crippen LogP contribution in [0.3, 0.4) is 0 Å². The average molecular weight is 351 g/mol. The molecular formula is C15H15BrN2O3. The first-order valence-electron chi connectivity index (χ1n) is 6.56. The Balaban J connectivity index is 1.65. The molecular weight excluding hydrogens is 336 g/mol. The lowest BCUT2D eigenvalue weighted by Gasteiger charge is -2.08. The van der Waals surface area contributed by atoms with Crippen LogP contribution in [-0.4, -0.2) is 31.0 Å². The summed E-state index contributed by atoms with van der Waals surface area (Å²) in [4.78, 5) is 22.6. The van der Waals surface area contributed by atoms with Crippen LogP contribution in [0, 0.1) is 11.8 Å². The van der Waals surface area contributed by atoms with Crippen molar-refractivity contribution in [2.75, 3.05) is 13.2 Å². The molecule has 1 fully saturated rings. The van der Waals surface area contributed by atoms with Crippen molar-refractivity contribution in [3.63, 3.8) is 0 Å². The van der Waals surface area contributed by atoms with E-state index in [9.17, 15) is 9.59 Å². The van der Waals surface area contributed by atoms with E-state index >= 15 is 0 Å². The Hall–Kier alpha value is -2.00. The summed E-state index contributed by atoms with van der Waals surface area (Å²) in [5.41, 5.74) is 0. The minimum atomic E-state index is -0.419. The van der Waals surface area contributed by atoms with Gasteiger partial charge in [-0.3, -0.25) is 9.59 Å². The monoisotopic (exact) mass is 350 g/mol. The Morgan fingerprint density at radius 1 is 1.48 bits per heavy atom. The number of nitrogens with one attached hydrogen (secondary N) is 2. The van der Waals surface area contributed by atoms with Crippen molar-refractivity contribution in [1.29, 1.82) is 0 Å². The lowest BCUT2D eigenvalue weighted by Crippen LogP contribution is -2.41. The average Bonchev–Trinajstić information content (AvgIpc) is 2.89. The Morgan fingerprint density at radius 2 is 2.33 bits per heavy atom. The van der Waals surface area contributed by atoms with Gasteiger partial charge >= 0.3 is 0 Å². The third-order valence-electron chi connectivity index (χ3n) is 2.89. The molecule has 1 heterocycles. The van der Waals surface area contributed by atoms with Crippen molar-refractivity contribution in [3.8, 4) is 17.6 Å². The van der Waals surface area contributed by atoms with Gasteiger partial charge in [0.25, 0.3) is 0 Å². The fraction of sp³-hybridized carbons (Fsp3) is 0.333. The molecule has 0 saturated carbocycles. The maximum atomic E-state index is 11.7. The molecule has 110 valence electrons. The summed E-state index contributed by atoms with van der Waals surface area (Å²) in [6.07, 6.45) is 0.953. The number of halogens is 1. The molecule has 0 aliphatic carbocycles. The maximum absolute atomic E-state index is 11.7. The number of amides is 2. The van der Waals surface area contributed by atoms with Crippen LogP contribution in [0.4, 0.5) is 0 Å². The molecule has 1 aromatic carbocycles. The Kier molecular flexibility index (Phi) is 5.64. The number of benzene rings is 1. The third kappa shape index (κ3) is 5.12. The number of hydrogen-bond acceptors (Lipinski definition) is 3. The normalized spacial score (nSPS) is 16.6. The van der Waals surface area contributed by atoms with Crippen LogP contribution in [0.15, 0.2) is 28.7 Å². The van der Waals surface area contributed by atoms with Gasteiger partial charge in [0.1, 0.15) is 18.4 Å². The quantitative estimate of drug-likeness (QED) is 0.802. The maximum Gasteiger partial charge on any atom is 0.243 e. The molecule has 0 radical (unpaired) electrons. The van der Waals surface area contributed by atoms with Crippen LogP contribution in [0.25, 0.3) is 0 Å². The van der Waals surface area contributed by atoms with Crippen LogP contribution in [0.2, 0.25) is 0 Å². The van der Waals surface area contributed by atoms with Crippen molar-refractivity contribution < 1.29 is 14.3 Å². The van der Waals surface area contributed by atoms with Gasteiger partial charge in [-0.05, 0) is 24.6 Å². The molecule has 1 saturated heterocycles. The number of ether oxygens (including phenoxy) is 1. The van der Waals surface area contributed by atoms with Crippen LogP contribution >= 0.6 is 15.9 Å². The van der Waals surface area contributed by atoms with Gasteiger partial charge in [-0.2, -0.15) is 0 Å². The predicted molar refractivity (Wildman–Crippen MR) is 81.6 cm³/mol. The van der Waals surface area contributed by atoms with Crippen molar-refractivity contribution in [3.05, 3.63) is 28.7 Å². The lowest BCUT2D eigenvalue weighted by atomic mass is 10.2. The van der Waals surface area contributed by atoms with E-state index in [2.05, 4.69) is 38.4 Å². The zero-order chi connectivity index (χ0) is 15.1. The molecule has 6 heteroatoms. The van der Waals surface area contributed by atoms with E-state index in [4.69, 9.17) is 4.74 Å². The van der Waals surface area contributed by atoms with E-state index in [1.54, 1.807) is 0 Å². The molecule has 0 bridgehead atoms. The molecule has 1 aliphatic rings. The summed E-state index contributed by atoms with van der Waals surface area (Å²) in [6, 6.07) is 7.07. The van der Waals surface area contributed by atoms with Gasteiger partial charge < -0.3 is 15.4 Å². The smallest absolute Gasteiger partial charge is 0.243 e. The number of rotatable bonds is 4. The Bertz CT molecular complexity index is 592. The van der Waals surface area contributed by atoms with Crippen LogP contribution in [-0.2, 0) is 9.59 Å². The third-order valence-corrected chi connectivity index (χ3v) is 3.39. The molecule has 5 nitrogen and oxygen atoms in total. The van der Waals surface area contributed by atoms with Crippen molar-refractivity contribution in [1.82, 2.24) is 10.6 Å². The van der Waals surface area contributed by atoms with Gasteiger partial charge in [0.15, 0.2) is 0 Å². The van der Waals surface area contributed by atoms with Gasteiger partial charge in [0.05, 0.1) is 6.54 Å². The lowest BCUT2D eigenvalue weighted by molar-refractivity contribution is -0.125. The van der Waals surface area contributed by atoms with E-state index in [1.807, 2.05) is 24.3 Å². The first kappa shape index (κ1) is 15.4.